The maximum absolute atomic E-state index is 11.4. The number of aryl methyl sites for hydroxylation is 1. The Hall–Kier alpha value is -1.37. The van der Waals surface area contributed by atoms with Gasteiger partial charge in [-0.15, -0.1) is 0 Å². The molecular formula is C12H21N3O3S. The van der Waals surface area contributed by atoms with Crippen molar-refractivity contribution in [2.75, 3.05) is 30.0 Å². The van der Waals surface area contributed by atoms with E-state index in [4.69, 9.17) is 4.74 Å². The van der Waals surface area contributed by atoms with Crippen LogP contribution in [-0.4, -0.2) is 43.0 Å². The summed E-state index contributed by atoms with van der Waals surface area (Å²) < 4.78 is 28.2. The summed E-state index contributed by atoms with van der Waals surface area (Å²) in [6.45, 7) is 6.39. The van der Waals surface area contributed by atoms with Gasteiger partial charge in [-0.1, -0.05) is 13.8 Å². The molecule has 0 amide bonds. The lowest BCUT2D eigenvalue weighted by Gasteiger charge is -2.08. The number of aromatic nitrogens is 2. The molecule has 0 bridgehead atoms. The summed E-state index contributed by atoms with van der Waals surface area (Å²) >= 11 is 0. The van der Waals surface area contributed by atoms with Crippen LogP contribution >= 0.6 is 0 Å². The lowest BCUT2D eigenvalue weighted by molar-refractivity contribution is 0.305. The van der Waals surface area contributed by atoms with E-state index in [1.165, 1.54) is 0 Å². The highest BCUT2D eigenvalue weighted by molar-refractivity contribution is 7.91. The van der Waals surface area contributed by atoms with Crippen LogP contribution < -0.4 is 10.1 Å². The zero-order valence-electron chi connectivity index (χ0n) is 11.6. The third-order valence-corrected chi connectivity index (χ3v) is 4.13. The number of anilines is 1. The van der Waals surface area contributed by atoms with Gasteiger partial charge in [0.15, 0.2) is 9.84 Å². The average molecular weight is 287 g/mol. The number of nitrogens with zero attached hydrogens (tertiary/aromatic N) is 2. The molecular weight excluding hydrogens is 266 g/mol. The van der Waals surface area contributed by atoms with Crippen LogP contribution in [0.3, 0.4) is 0 Å². The fourth-order valence-electron chi connectivity index (χ4n) is 1.36. The van der Waals surface area contributed by atoms with Crippen LogP contribution in [0.15, 0.2) is 6.07 Å². The lowest BCUT2D eigenvalue weighted by atomic mass is 10.4. The molecule has 7 heteroatoms. The Morgan fingerprint density at radius 1 is 1.32 bits per heavy atom. The molecule has 108 valence electrons. The number of ether oxygens (including phenoxy) is 1. The van der Waals surface area contributed by atoms with Crippen LogP contribution in [0.2, 0.25) is 0 Å². The largest absolute Gasteiger partial charge is 0.478 e. The molecule has 0 atom stereocenters. The third kappa shape index (κ3) is 5.87. The normalized spacial score (nSPS) is 11.3. The van der Waals surface area contributed by atoms with Gasteiger partial charge < -0.3 is 10.1 Å². The summed E-state index contributed by atoms with van der Waals surface area (Å²) in [6, 6.07) is 1.75. The molecule has 0 fully saturated rings. The van der Waals surface area contributed by atoms with Gasteiger partial charge in [0, 0.05) is 24.1 Å². The summed E-state index contributed by atoms with van der Waals surface area (Å²) in [4.78, 5) is 8.37. The first-order chi connectivity index (χ1) is 8.96. The minimum Gasteiger partial charge on any atom is -0.478 e. The van der Waals surface area contributed by atoms with Gasteiger partial charge in [0.1, 0.15) is 0 Å². The number of hydrogen-bond acceptors (Lipinski definition) is 6. The van der Waals surface area contributed by atoms with Gasteiger partial charge in [0.2, 0.25) is 11.8 Å². The molecule has 0 aromatic carbocycles. The topological polar surface area (TPSA) is 81.2 Å². The van der Waals surface area contributed by atoms with Crippen molar-refractivity contribution in [2.24, 2.45) is 0 Å². The molecule has 0 saturated heterocycles. The highest BCUT2D eigenvalue weighted by Crippen LogP contribution is 2.12. The van der Waals surface area contributed by atoms with Crippen LogP contribution in [0, 0.1) is 6.92 Å². The predicted molar refractivity (Wildman–Crippen MR) is 75.4 cm³/mol. The fourth-order valence-corrected chi connectivity index (χ4v) is 2.06. The van der Waals surface area contributed by atoms with Crippen LogP contribution in [-0.2, 0) is 9.84 Å². The van der Waals surface area contributed by atoms with Crippen molar-refractivity contribution >= 4 is 15.8 Å². The second-order valence-electron chi connectivity index (χ2n) is 4.18. The number of nitrogens with one attached hydrogen (secondary N) is 1. The second kappa shape index (κ2) is 7.28. The van der Waals surface area contributed by atoms with Gasteiger partial charge in [-0.05, 0) is 13.3 Å². The van der Waals surface area contributed by atoms with Gasteiger partial charge >= 0.3 is 0 Å². The molecule has 19 heavy (non-hydrogen) atoms. The van der Waals surface area contributed by atoms with Crippen molar-refractivity contribution in [1.82, 2.24) is 9.97 Å². The van der Waals surface area contributed by atoms with E-state index in [1.54, 1.807) is 13.0 Å². The van der Waals surface area contributed by atoms with Gasteiger partial charge in [0.05, 0.1) is 12.4 Å². The van der Waals surface area contributed by atoms with E-state index >= 15 is 0 Å². The molecule has 0 unspecified atom stereocenters. The molecule has 0 aliphatic carbocycles. The minimum absolute atomic E-state index is 0.0753. The van der Waals surface area contributed by atoms with Gasteiger partial charge in [-0.25, -0.2) is 13.4 Å². The first-order valence-corrected chi connectivity index (χ1v) is 8.21. The second-order valence-corrected chi connectivity index (χ2v) is 6.66. The standard InChI is InChI=1S/C12H21N3O3S/c1-4-7-18-11-9-10(3)14-12(15-11)13-6-8-19(16,17)5-2/h9H,4-8H2,1-3H3,(H,13,14,15). The summed E-state index contributed by atoms with van der Waals surface area (Å²) in [5, 5.41) is 2.91. The van der Waals surface area contributed by atoms with Crippen LogP contribution in [0.25, 0.3) is 0 Å². The van der Waals surface area contributed by atoms with Crippen molar-refractivity contribution in [2.45, 2.75) is 27.2 Å². The average Bonchev–Trinajstić information content (AvgIpc) is 2.35. The van der Waals surface area contributed by atoms with E-state index < -0.39 is 9.84 Å². The number of rotatable bonds is 8. The quantitative estimate of drug-likeness (QED) is 0.779. The van der Waals surface area contributed by atoms with Crippen LogP contribution in [0.5, 0.6) is 5.88 Å². The van der Waals surface area contributed by atoms with E-state index in [0.717, 1.165) is 12.1 Å². The summed E-state index contributed by atoms with van der Waals surface area (Å²) in [5.74, 6) is 1.13. The fraction of sp³-hybridized carbons (Fsp3) is 0.667. The van der Waals surface area contributed by atoms with E-state index in [9.17, 15) is 8.42 Å². The molecule has 1 aromatic heterocycles. The molecule has 0 saturated carbocycles. The molecule has 1 N–H and O–H groups in total. The summed E-state index contributed by atoms with van der Waals surface area (Å²) in [7, 11) is -2.97. The monoisotopic (exact) mass is 287 g/mol. The zero-order chi connectivity index (χ0) is 14.3. The molecule has 1 rings (SSSR count). The minimum atomic E-state index is -2.97. The molecule has 0 aliphatic rings. The molecule has 0 aliphatic heterocycles. The molecule has 1 heterocycles. The zero-order valence-corrected chi connectivity index (χ0v) is 12.5. The van der Waals surface area contributed by atoms with Crippen molar-refractivity contribution < 1.29 is 13.2 Å². The van der Waals surface area contributed by atoms with E-state index in [1.807, 2.05) is 13.8 Å². The Morgan fingerprint density at radius 2 is 2.05 bits per heavy atom. The van der Waals surface area contributed by atoms with Gasteiger partial charge in [0.25, 0.3) is 0 Å². The number of sulfone groups is 1. The predicted octanol–water partition coefficient (Wildman–Crippen LogP) is 1.42. The maximum Gasteiger partial charge on any atom is 0.226 e. The van der Waals surface area contributed by atoms with Crippen molar-refractivity contribution in [1.29, 1.82) is 0 Å². The number of hydrogen-bond donors (Lipinski definition) is 1. The van der Waals surface area contributed by atoms with Crippen molar-refractivity contribution in [3.63, 3.8) is 0 Å². The van der Waals surface area contributed by atoms with Gasteiger partial charge in [-0.2, -0.15) is 4.98 Å². The molecule has 0 spiro atoms. The van der Waals surface area contributed by atoms with Crippen molar-refractivity contribution in [3.05, 3.63) is 11.8 Å². The lowest BCUT2D eigenvalue weighted by Crippen LogP contribution is -2.18. The molecule has 6 nitrogen and oxygen atoms in total. The Labute approximate surface area is 114 Å². The van der Waals surface area contributed by atoms with Crippen molar-refractivity contribution in [3.8, 4) is 5.88 Å². The SMILES string of the molecule is CCCOc1cc(C)nc(NCCS(=O)(=O)CC)n1. The van der Waals surface area contributed by atoms with E-state index in [2.05, 4.69) is 15.3 Å². The van der Waals surface area contributed by atoms with Gasteiger partial charge in [-0.3, -0.25) is 0 Å². The van der Waals surface area contributed by atoms with E-state index in [-0.39, 0.29) is 11.5 Å². The highest BCUT2D eigenvalue weighted by atomic mass is 32.2. The van der Waals surface area contributed by atoms with E-state index in [0.29, 0.717) is 25.0 Å². The Bertz CT molecular complexity index is 503. The first-order valence-electron chi connectivity index (χ1n) is 6.39. The summed E-state index contributed by atoms with van der Waals surface area (Å²) in [6.07, 6.45) is 0.903. The summed E-state index contributed by atoms with van der Waals surface area (Å²) in [5.41, 5.74) is 0.780. The Morgan fingerprint density at radius 3 is 2.68 bits per heavy atom. The maximum atomic E-state index is 11.4. The van der Waals surface area contributed by atoms with Crippen LogP contribution in [0.4, 0.5) is 5.95 Å². The molecule has 1 aromatic rings. The van der Waals surface area contributed by atoms with Crippen LogP contribution in [0.1, 0.15) is 26.0 Å². The first kappa shape index (κ1) is 15.7. The Kier molecular flexibility index (Phi) is 6.01. The smallest absolute Gasteiger partial charge is 0.226 e. The highest BCUT2D eigenvalue weighted by Gasteiger charge is 2.08. The Balaban J connectivity index is 2.60. The molecule has 0 radical (unpaired) electrons. The third-order valence-electron chi connectivity index (χ3n) is 2.42.